The van der Waals surface area contributed by atoms with E-state index in [2.05, 4.69) is 37.6 Å². The van der Waals surface area contributed by atoms with E-state index in [0.29, 0.717) is 6.61 Å². The Balaban J connectivity index is 3.86. The lowest BCUT2D eigenvalue weighted by Crippen LogP contribution is -2.38. The molecule has 3 nitrogen and oxygen atoms in total. The molecular weight excluding hydrogens is 308 g/mol. The van der Waals surface area contributed by atoms with E-state index in [1.165, 1.54) is 56.5 Å². The lowest BCUT2D eigenvalue weighted by molar-refractivity contribution is 0.256. The maximum Gasteiger partial charge on any atom is 0.166 e. The number of hydrogen-bond donors (Lipinski definition) is 2. The Hall–Kier alpha value is -0.553. The van der Waals surface area contributed by atoms with Crippen molar-refractivity contribution in [2.45, 2.75) is 70.6 Å². The molecule has 0 aliphatic carbocycles. The smallest absolute Gasteiger partial charge is 0.166 e. The Kier molecular flexibility index (Phi) is 13.7. The summed E-state index contributed by atoms with van der Waals surface area (Å²) >= 11 is 5.26. The first-order valence-corrected chi connectivity index (χ1v) is 12.3. The van der Waals surface area contributed by atoms with E-state index in [1.54, 1.807) is 0 Å². The second-order valence-electron chi connectivity index (χ2n) is 6.34. The first-order valence-electron chi connectivity index (χ1n) is 8.82. The molecule has 0 saturated heterocycles. The summed E-state index contributed by atoms with van der Waals surface area (Å²) in [6.45, 7) is 13.0. The van der Waals surface area contributed by atoms with E-state index in [1.807, 2.05) is 0 Å². The highest BCUT2D eigenvalue weighted by atomic mass is 32.1. The number of rotatable bonds is 14. The van der Waals surface area contributed by atoms with Crippen LogP contribution in [-0.2, 0) is 4.74 Å². The molecule has 0 atom stereocenters. The van der Waals surface area contributed by atoms with Gasteiger partial charge >= 0.3 is 0 Å². The molecule has 0 aliphatic rings. The van der Waals surface area contributed by atoms with Crippen molar-refractivity contribution in [2.24, 2.45) is 0 Å². The lowest BCUT2D eigenvalue weighted by atomic mass is 10.4. The summed E-state index contributed by atoms with van der Waals surface area (Å²) in [6, 6.07) is 4.40. The monoisotopic (exact) mass is 344 g/mol. The first kappa shape index (κ1) is 21.4. The van der Waals surface area contributed by atoms with E-state index in [9.17, 15) is 0 Å². The molecular formula is C17H36N2OSSi. The molecule has 0 fully saturated rings. The van der Waals surface area contributed by atoms with Crippen LogP contribution in [-0.4, -0.2) is 32.9 Å². The number of hydrogen-bond acceptors (Lipinski definition) is 2. The quantitative estimate of drug-likeness (QED) is 0.207. The van der Waals surface area contributed by atoms with Gasteiger partial charge in [0.05, 0.1) is 20.9 Å². The largest absolute Gasteiger partial charge is 0.500 e. The van der Waals surface area contributed by atoms with Gasteiger partial charge in [0.15, 0.2) is 5.11 Å². The first-order chi connectivity index (χ1) is 10.6. The van der Waals surface area contributed by atoms with Crippen molar-refractivity contribution in [3.05, 3.63) is 12.8 Å². The maximum atomic E-state index is 5.26. The van der Waals surface area contributed by atoms with Crippen LogP contribution in [0.5, 0.6) is 0 Å². The zero-order chi connectivity index (χ0) is 16.7. The fourth-order valence-corrected chi connectivity index (χ4v) is 7.07. The van der Waals surface area contributed by atoms with Crippen molar-refractivity contribution < 1.29 is 4.74 Å². The lowest BCUT2D eigenvalue weighted by Gasteiger charge is -2.27. The minimum absolute atomic E-state index is 0.602. The van der Waals surface area contributed by atoms with Crippen LogP contribution in [0, 0.1) is 0 Å². The van der Waals surface area contributed by atoms with E-state index in [-0.39, 0.29) is 0 Å². The molecule has 0 unspecified atom stereocenters. The standard InChI is InChI=1S/C17H36N2OSSi/c1-5-8-14-22(4,15-9-6-2)16-10-11-18-17(21)19-12-13-20-7-3/h7H,3,5-6,8-16H2,1-2,4H3,(H2,18,19,21). The average Bonchev–Trinajstić information content (AvgIpc) is 2.52. The van der Waals surface area contributed by atoms with Crippen LogP contribution >= 0.6 is 12.2 Å². The molecule has 0 aromatic rings. The maximum absolute atomic E-state index is 5.26. The van der Waals surface area contributed by atoms with Crippen LogP contribution in [0.2, 0.25) is 24.7 Å². The zero-order valence-electron chi connectivity index (χ0n) is 14.9. The van der Waals surface area contributed by atoms with Gasteiger partial charge in [-0.2, -0.15) is 0 Å². The van der Waals surface area contributed by atoms with Crippen LogP contribution in [0.3, 0.4) is 0 Å². The second-order valence-corrected chi connectivity index (χ2v) is 11.9. The highest BCUT2D eigenvalue weighted by molar-refractivity contribution is 7.80. The van der Waals surface area contributed by atoms with Crippen LogP contribution in [0.4, 0.5) is 0 Å². The van der Waals surface area contributed by atoms with Crippen molar-refractivity contribution in [3.8, 4) is 0 Å². The molecule has 0 aromatic carbocycles. The van der Waals surface area contributed by atoms with E-state index >= 15 is 0 Å². The van der Waals surface area contributed by atoms with Gasteiger partial charge in [0.25, 0.3) is 0 Å². The van der Waals surface area contributed by atoms with Gasteiger partial charge < -0.3 is 15.4 Å². The summed E-state index contributed by atoms with van der Waals surface area (Å²) in [5.41, 5.74) is 0. The van der Waals surface area contributed by atoms with E-state index in [4.69, 9.17) is 17.0 Å². The minimum atomic E-state index is -1.03. The van der Waals surface area contributed by atoms with Crippen molar-refractivity contribution in [3.63, 3.8) is 0 Å². The molecule has 0 aliphatic heterocycles. The summed E-state index contributed by atoms with van der Waals surface area (Å²) in [4.78, 5) is 0. The van der Waals surface area contributed by atoms with E-state index < -0.39 is 8.07 Å². The van der Waals surface area contributed by atoms with Gasteiger partial charge in [0.2, 0.25) is 0 Å². The molecule has 5 heteroatoms. The highest BCUT2D eigenvalue weighted by Gasteiger charge is 2.24. The Morgan fingerprint density at radius 1 is 1.05 bits per heavy atom. The van der Waals surface area contributed by atoms with Crippen LogP contribution in [0.1, 0.15) is 46.0 Å². The third-order valence-electron chi connectivity index (χ3n) is 4.13. The van der Waals surface area contributed by atoms with Gasteiger partial charge in [0, 0.05) is 6.54 Å². The third kappa shape index (κ3) is 12.0. The third-order valence-corrected chi connectivity index (χ3v) is 9.10. The second kappa shape index (κ2) is 14.1. The molecule has 130 valence electrons. The highest BCUT2D eigenvalue weighted by Crippen LogP contribution is 2.27. The number of unbranched alkanes of at least 4 members (excludes halogenated alkanes) is 2. The molecule has 0 bridgehead atoms. The Morgan fingerprint density at radius 2 is 1.59 bits per heavy atom. The molecule has 0 aromatic heterocycles. The fraction of sp³-hybridized carbons (Fsp3) is 0.824. The van der Waals surface area contributed by atoms with Crippen LogP contribution < -0.4 is 10.6 Å². The van der Waals surface area contributed by atoms with Crippen LogP contribution in [0.25, 0.3) is 0 Å². The summed E-state index contributed by atoms with van der Waals surface area (Å²) in [6.07, 6.45) is 8.16. The molecule has 0 radical (unpaired) electrons. The predicted octanol–water partition coefficient (Wildman–Crippen LogP) is 4.68. The Morgan fingerprint density at radius 3 is 2.14 bits per heavy atom. The molecule has 22 heavy (non-hydrogen) atoms. The predicted molar refractivity (Wildman–Crippen MR) is 105 cm³/mol. The van der Waals surface area contributed by atoms with Gasteiger partial charge in [-0.25, -0.2) is 0 Å². The summed E-state index contributed by atoms with van der Waals surface area (Å²) in [5.74, 6) is 0. The van der Waals surface area contributed by atoms with Crippen molar-refractivity contribution in [1.82, 2.24) is 10.6 Å². The van der Waals surface area contributed by atoms with Gasteiger partial charge in [0.1, 0.15) is 6.61 Å². The molecule has 2 N–H and O–H groups in total. The Labute approximate surface area is 144 Å². The fourth-order valence-electron chi connectivity index (χ4n) is 2.67. The minimum Gasteiger partial charge on any atom is -0.500 e. The average molecular weight is 345 g/mol. The normalized spacial score (nSPS) is 11.0. The number of ether oxygens (including phenoxy) is 1. The van der Waals surface area contributed by atoms with Gasteiger partial charge in [-0.15, -0.1) is 0 Å². The SMILES string of the molecule is C=COCCNC(=S)NCCC[Si](C)(CCCC)CCCC. The summed E-state index contributed by atoms with van der Waals surface area (Å²) in [7, 11) is -1.03. The van der Waals surface area contributed by atoms with Crippen molar-refractivity contribution in [1.29, 1.82) is 0 Å². The topological polar surface area (TPSA) is 33.3 Å². The zero-order valence-corrected chi connectivity index (χ0v) is 16.7. The van der Waals surface area contributed by atoms with E-state index in [0.717, 1.165) is 18.2 Å². The molecule has 0 saturated carbocycles. The molecule has 0 spiro atoms. The Bertz CT molecular complexity index is 292. The summed E-state index contributed by atoms with van der Waals surface area (Å²) in [5, 5.41) is 7.18. The van der Waals surface area contributed by atoms with Gasteiger partial charge in [-0.05, 0) is 18.6 Å². The molecule has 0 heterocycles. The van der Waals surface area contributed by atoms with Crippen LogP contribution in [0.15, 0.2) is 12.8 Å². The van der Waals surface area contributed by atoms with Crippen molar-refractivity contribution in [2.75, 3.05) is 19.7 Å². The molecule has 0 amide bonds. The summed E-state index contributed by atoms with van der Waals surface area (Å²) < 4.78 is 5.05. The number of thiocarbonyl (C=S) groups is 1. The van der Waals surface area contributed by atoms with Gasteiger partial charge in [-0.1, -0.05) is 70.8 Å². The molecule has 0 rings (SSSR count). The van der Waals surface area contributed by atoms with Crippen molar-refractivity contribution >= 4 is 25.4 Å². The number of nitrogens with one attached hydrogen (secondary N) is 2. The van der Waals surface area contributed by atoms with Gasteiger partial charge in [-0.3, -0.25) is 0 Å².